The van der Waals surface area contributed by atoms with Crippen LogP contribution in [-0.4, -0.2) is 9.91 Å². The molecule has 0 saturated carbocycles. The largest absolute Gasteiger partial charge is 0.432 e. The fraction of sp³-hybridized carbons (Fsp3) is 0. The van der Waals surface area contributed by atoms with Gasteiger partial charge in [0.1, 0.15) is 5.82 Å². The van der Waals surface area contributed by atoms with Crippen LogP contribution in [0.5, 0.6) is 11.6 Å². The van der Waals surface area contributed by atoms with Crippen LogP contribution in [0, 0.1) is 10.1 Å². The number of nitrogens with two attached hydrogens (primary N) is 1. The van der Waals surface area contributed by atoms with Gasteiger partial charge in [-0.1, -0.05) is 17.7 Å². The van der Waals surface area contributed by atoms with Crippen LogP contribution in [0.2, 0.25) is 5.02 Å². The number of nitrogen functional groups attached to an aromatic ring is 1. The van der Waals surface area contributed by atoms with E-state index in [9.17, 15) is 10.1 Å². The fourth-order valence-corrected chi connectivity index (χ4v) is 1.49. The zero-order valence-corrected chi connectivity index (χ0v) is 9.79. The molecule has 0 fully saturated rings. The predicted octanol–water partition coefficient (Wildman–Crippen LogP) is 3.02. The van der Waals surface area contributed by atoms with E-state index in [0.717, 1.165) is 0 Å². The van der Waals surface area contributed by atoms with Crippen molar-refractivity contribution in [2.45, 2.75) is 0 Å². The lowest BCUT2D eigenvalue weighted by Gasteiger charge is -2.05. The highest BCUT2D eigenvalue weighted by Crippen LogP contribution is 2.32. The Kier molecular flexibility index (Phi) is 3.29. The van der Waals surface area contributed by atoms with Gasteiger partial charge in [-0.15, -0.1) is 0 Å². The van der Waals surface area contributed by atoms with E-state index in [1.165, 1.54) is 18.2 Å². The summed E-state index contributed by atoms with van der Waals surface area (Å²) in [7, 11) is 0. The molecule has 0 saturated heterocycles. The van der Waals surface area contributed by atoms with Crippen molar-refractivity contribution in [2.75, 3.05) is 5.73 Å². The number of nitro benzene ring substituents is 1. The molecule has 0 unspecified atom stereocenters. The molecule has 0 bridgehead atoms. The Bertz CT molecular complexity index is 604. The van der Waals surface area contributed by atoms with E-state index in [2.05, 4.69) is 4.98 Å². The number of hydrogen-bond donors (Lipinski definition) is 1. The van der Waals surface area contributed by atoms with Crippen LogP contribution in [0.3, 0.4) is 0 Å². The summed E-state index contributed by atoms with van der Waals surface area (Å²) in [5.41, 5.74) is 5.26. The number of hydrogen-bond acceptors (Lipinski definition) is 5. The number of aromatic nitrogens is 1. The Balaban J connectivity index is 2.37. The van der Waals surface area contributed by atoms with Gasteiger partial charge < -0.3 is 10.5 Å². The molecule has 2 N–H and O–H groups in total. The van der Waals surface area contributed by atoms with Crippen molar-refractivity contribution in [3.05, 3.63) is 51.5 Å². The van der Waals surface area contributed by atoms with E-state index < -0.39 is 4.92 Å². The van der Waals surface area contributed by atoms with Gasteiger partial charge in [0, 0.05) is 17.2 Å². The van der Waals surface area contributed by atoms with Crippen molar-refractivity contribution in [3.63, 3.8) is 0 Å². The summed E-state index contributed by atoms with van der Waals surface area (Å²) in [6.07, 6.45) is 0. The first-order valence-corrected chi connectivity index (χ1v) is 5.28. The van der Waals surface area contributed by atoms with Crippen molar-refractivity contribution < 1.29 is 9.66 Å². The maximum Gasteiger partial charge on any atom is 0.313 e. The van der Waals surface area contributed by atoms with E-state index in [4.69, 9.17) is 22.1 Å². The van der Waals surface area contributed by atoms with Crippen molar-refractivity contribution in [1.29, 1.82) is 0 Å². The third kappa shape index (κ3) is 2.67. The van der Waals surface area contributed by atoms with Crippen LogP contribution in [0.15, 0.2) is 36.4 Å². The van der Waals surface area contributed by atoms with Gasteiger partial charge in [-0.05, 0) is 18.2 Å². The van der Waals surface area contributed by atoms with Crippen molar-refractivity contribution in [1.82, 2.24) is 4.98 Å². The fourth-order valence-electron chi connectivity index (χ4n) is 1.32. The molecule has 6 nitrogen and oxygen atoms in total. The Hall–Kier alpha value is -2.34. The Labute approximate surface area is 107 Å². The van der Waals surface area contributed by atoms with Crippen LogP contribution in [-0.2, 0) is 0 Å². The van der Waals surface area contributed by atoms with E-state index in [-0.39, 0.29) is 28.2 Å². The Morgan fingerprint density at radius 3 is 2.78 bits per heavy atom. The molecule has 0 spiro atoms. The molecule has 7 heteroatoms. The molecule has 0 atom stereocenters. The lowest BCUT2D eigenvalue weighted by atomic mass is 10.3. The highest BCUT2D eigenvalue weighted by molar-refractivity contribution is 6.30. The van der Waals surface area contributed by atoms with Gasteiger partial charge in [0.2, 0.25) is 11.6 Å². The smallest absolute Gasteiger partial charge is 0.313 e. The average Bonchev–Trinajstić information content (AvgIpc) is 2.31. The van der Waals surface area contributed by atoms with Crippen LogP contribution in [0.25, 0.3) is 0 Å². The van der Waals surface area contributed by atoms with E-state index >= 15 is 0 Å². The van der Waals surface area contributed by atoms with Crippen molar-refractivity contribution in [2.24, 2.45) is 0 Å². The third-order valence-corrected chi connectivity index (χ3v) is 2.31. The first kappa shape index (κ1) is 12.1. The molecule has 2 aromatic rings. The zero-order valence-electron chi connectivity index (χ0n) is 9.04. The summed E-state index contributed by atoms with van der Waals surface area (Å²) in [4.78, 5) is 14.2. The minimum Gasteiger partial charge on any atom is -0.432 e. The van der Waals surface area contributed by atoms with Gasteiger partial charge in [-0.3, -0.25) is 10.1 Å². The second-order valence-electron chi connectivity index (χ2n) is 3.37. The van der Waals surface area contributed by atoms with E-state index in [1.54, 1.807) is 18.2 Å². The number of rotatable bonds is 3. The third-order valence-electron chi connectivity index (χ3n) is 2.08. The quantitative estimate of drug-likeness (QED) is 0.680. The van der Waals surface area contributed by atoms with Crippen LogP contribution >= 0.6 is 11.6 Å². The first-order chi connectivity index (χ1) is 8.56. The summed E-state index contributed by atoms with van der Waals surface area (Å²) in [5, 5.41) is 11.1. The maximum absolute atomic E-state index is 10.9. The van der Waals surface area contributed by atoms with Gasteiger partial charge in [0.25, 0.3) is 0 Å². The topological polar surface area (TPSA) is 91.3 Å². The van der Waals surface area contributed by atoms with Gasteiger partial charge >= 0.3 is 5.69 Å². The lowest BCUT2D eigenvalue weighted by molar-refractivity contribution is -0.385. The summed E-state index contributed by atoms with van der Waals surface area (Å²) in [6.45, 7) is 0. The number of anilines is 1. The Morgan fingerprint density at radius 1 is 1.33 bits per heavy atom. The molecular weight excluding hydrogens is 258 g/mol. The highest BCUT2D eigenvalue weighted by Gasteiger charge is 2.16. The number of ether oxygens (including phenoxy) is 1. The molecule has 0 amide bonds. The summed E-state index contributed by atoms with van der Waals surface area (Å²) in [5.74, 6) is 0.507. The summed E-state index contributed by atoms with van der Waals surface area (Å²) in [6, 6.07) is 8.89. The standard InChI is InChI=1S/C11H8ClN3O3/c12-7-4-5-9(8(6-7)15(16)17)18-11-3-1-2-10(13)14-11/h1-6H,(H2,13,14). The minimum atomic E-state index is -0.576. The van der Waals surface area contributed by atoms with Crippen molar-refractivity contribution >= 4 is 23.1 Å². The predicted molar refractivity (Wildman–Crippen MR) is 66.8 cm³/mol. The van der Waals surface area contributed by atoms with Gasteiger partial charge in [-0.2, -0.15) is 4.98 Å². The molecular formula is C11H8ClN3O3. The molecule has 1 heterocycles. The van der Waals surface area contributed by atoms with Gasteiger partial charge in [-0.25, -0.2) is 0 Å². The number of pyridine rings is 1. The molecule has 1 aromatic carbocycles. The molecule has 1 aromatic heterocycles. The Morgan fingerprint density at radius 2 is 2.11 bits per heavy atom. The normalized spacial score (nSPS) is 10.1. The van der Waals surface area contributed by atoms with Gasteiger partial charge in [0.05, 0.1) is 4.92 Å². The van der Waals surface area contributed by atoms with Crippen LogP contribution in [0.4, 0.5) is 11.5 Å². The highest BCUT2D eigenvalue weighted by atomic mass is 35.5. The maximum atomic E-state index is 10.9. The molecule has 0 aliphatic rings. The van der Waals surface area contributed by atoms with Crippen LogP contribution < -0.4 is 10.5 Å². The van der Waals surface area contributed by atoms with Crippen LogP contribution in [0.1, 0.15) is 0 Å². The lowest BCUT2D eigenvalue weighted by Crippen LogP contribution is -1.96. The number of halogens is 1. The summed E-state index contributed by atoms with van der Waals surface area (Å²) >= 11 is 5.69. The second kappa shape index (κ2) is 4.89. The molecule has 0 aliphatic carbocycles. The zero-order chi connectivity index (χ0) is 13.1. The number of nitro groups is 1. The number of benzene rings is 1. The molecule has 0 radical (unpaired) electrons. The van der Waals surface area contributed by atoms with Gasteiger partial charge in [0.15, 0.2) is 0 Å². The summed E-state index contributed by atoms with van der Waals surface area (Å²) < 4.78 is 5.32. The molecule has 18 heavy (non-hydrogen) atoms. The monoisotopic (exact) mass is 265 g/mol. The first-order valence-electron chi connectivity index (χ1n) is 4.90. The minimum absolute atomic E-state index is 0.0579. The molecule has 0 aliphatic heterocycles. The van der Waals surface area contributed by atoms with E-state index in [0.29, 0.717) is 0 Å². The SMILES string of the molecule is Nc1cccc(Oc2ccc(Cl)cc2[N+](=O)[O-])n1. The van der Waals surface area contributed by atoms with E-state index in [1.807, 2.05) is 0 Å². The molecule has 92 valence electrons. The average molecular weight is 266 g/mol. The van der Waals surface area contributed by atoms with Crippen molar-refractivity contribution in [3.8, 4) is 11.6 Å². The second-order valence-corrected chi connectivity index (χ2v) is 3.81. The molecule has 2 rings (SSSR count). The number of nitrogens with zero attached hydrogens (tertiary/aromatic N) is 2.